The number of ether oxygens (including phenoxy) is 1. The van der Waals surface area contributed by atoms with Gasteiger partial charge in [0.25, 0.3) is 0 Å². The van der Waals surface area contributed by atoms with Crippen LogP contribution in [0.3, 0.4) is 0 Å². The van der Waals surface area contributed by atoms with Crippen LogP contribution in [0, 0.1) is 0 Å². The van der Waals surface area contributed by atoms with E-state index in [4.69, 9.17) is 4.74 Å². The van der Waals surface area contributed by atoms with Gasteiger partial charge in [-0.05, 0) is 42.5 Å². The normalized spacial score (nSPS) is 11.7. The Hall–Kier alpha value is -3.43. The second kappa shape index (κ2) is 11.1. The van der Waals surface area contributed by atoms with Crippen LogP contribution in [0.15, 0.2) is 77.3 Å². The number of thiophene rings is 1. The molecule has 0 saturated carbocycles. The summed E-state index contributed by atoms with van der Waals surface area (Å²) < 4.78 is 7.46. The lowest BCUT2D eigenvalue weighted by molar-refractivity contribution is -0.125. The van der Waals surface area contributed by atoms with Crippen LogP contribution in [0.2, 0.25) is 0 Å². The third-order valence-electron chi connectivity index (χ3n) is 5.14. The largest absolute Gasteiger partial charge is 0.495 e. The molecule has 0 saturated heterocycles. The third kappa shape index (κ3) is 5.55. The summed E-state index contributed by atoms with van der Waals surface area (Å²) in [5.74, 6) is 1.11. The van der Waals surface area contributed by atoms with Crippen molar-refractivity contribution in [3.05, 3.63) is 77.7 Å². The molecule has 0 spiro atoms. The lowest BCUT2D eigenvalue weighted by atomic mass is 10.0. The van der Waals surface area contributed by atoms with Crippen LogP contribution < -0.4 is 10.1 Å². The van der Waals surface area contributed by atoms with Gasteiger partial charge in [-0.15, -0.1) is 21.5 Å². The van der Waals surface area contributed by atoms with E-state index in [1.165, 1.54) is 18.7 Å². The first-order valence-electron chi connectivity index (χ1n) is 10.7. The maximum Gasteiger partial charge on any atom is 0.231 e. The van der Waals surface area contributed by atoms with E-state index in [9.17, 15) is 9.59 Å². The molecule has 174 valence electrons. The number of hydrogen-bond acceptors (Lipinski definition) is 7. The number of amides is 1. The van der Waals surface area contributed by atoms with Crippen molar-refractivity contribution in [2.75, 3.05) is 12.9 Å². The monoisotopic (exact) mass is 492 g/mol. The number of rotatable bonds is 10. The fraction of sp³-hybridized carbons (Fsp3) is 0.200. The Kier molecular flexibility index (Phi) is 7.76. The molecular formula is C25H24N4O3S2. The average molecular weight is 493 g/mol. The van der Waals surface area contributed by atoms with Crippen molar-refractivity contribution in [3.8, 4) is 22.1 Å². The number of methoxy groups -OCH3 is 1. The average Bonchev–Trinajstić information content (AvgIpc) is 3.53. The molecule has 2 aromatic carbocycles. The lowest BCUT2D eigenvalue weighted by Gasteiger charge is -2.16. The van der Waals surface area contributed by atoms with Crippen LogP contribution in [0.1, 0.15) is 12.5 Å². The van der Waals surface area contributed by atoms with Gasteiger partial charge in [0, 0.05) is 0 Å². The first kappa shape index (κ1) is 23.7. The molecule has 0 bridgehead atoms. The van der Waals surface area contributed by atoms with Crippen molar-refractivity contribution in [3.63, 3.8) is 0 Å². The minimum atomic E-state index is -0.579. The summed E-state index contributed by atoms with van der Waals surface area (Å²) >= 11 is 2.82. The number of benzene rings is 2. The molecule has 2 aromatic heterocycles. The number of thioether (sulfide) groups is 1. The molecule has 1 N–H and O–H groups in total. The van der Waals surface area contributed by atoms with Crippen molar-refractivity contribution in [1.29, 1.82) is 0 Å². The van der Waals surface area contributed by atoms with E-state index in [-0.39, 0.29) is 17.4 Å². The van der Waals surface area contributed by atoms with Crippen molar-refractivity contribution < 1.29 is 14.3 Å². The third-order valence-corrected chi connectivity index (χ3v) is 6.94. The summed E-state index contributed by atoms with van der Waals surface area (Å²) in [6.45, 7) is 1.49. The Labute approximate surface area is 206 Å². The quantitative estimate of drug-likeness (QED) is 0.330. The Morgan fingerprint density at radius 2 is 1.82 bits per heavy atom. The van der Waals surface area contributed by atoms with Crippen molar-refractivity contribution in [1.82, 2.24) is 20.1 Å². The molecule has 2 heterocycles. The summed E-state index contributed by atoms with van der Waals surface area (Å²) in [6.07, 6.45) is 0.451. The van der Waals surface area contributed by atoms with Crippen molar-refractivity contribution >= 4 is 34.8 Å². The standard InChI is InChI=1S/C25H24N4O3S2/c1-17(30)19(15-18-9-4-3-5-10-18)26-23(31)16-34-25-28-27-24(22-13-8-14-33-22)29(25)20-11-6-7-12-21(20)32-2/h3-14,19H,15-16H2,1-2H3,(H,26,31)/t19-/m0/s1. The van der Waals surface area contributed by atoms with Crippen molar-refractivity contribution in [2.24, 2.45) is 0 Å². The molecule has 0 aliphatic heterocycles. The zero-order valence-corrected chi connectivity index (χ0v) is 20.4. The van der Waals surface area contributed by atoms with Gasteiger partial charge in [0.05, 0.1) is 29.5 Å². The second-order valence-electron chi connectivity index (χ2n) is 7.50. The highest BCUT2D eigenvalue weighted by Crippen LogP contribution is 2.34. The number of Topliss-reactive ketones (excluding diaryl/α,β-unsaturated/α-hetero) is 1. The summed E-state index contributed by atoms with van der Waals surface area (Å²) in [6, 6.07) is 20.6. The summed E-state index contributed by atoms with van der Waals surface area (Å²) in [5.41, 5.74) is 1.78. The van der Waals surface area contributed by atoms with Gasteiger partial charge in [-0.3, -0.25) is 14.2 Å². The van der Waals surface area contributed by atoms with E-state index in [1.54, 1.807) is 18.4 Å². The highest BCUT2D eigenvalue weighted by molar-refractivity contribution is 7.99. The summed E-state index contributed by atoms with van der Waals surface area (Å²) in [5, 5.41) is 14.2. The Morgan fingerprint density at radius 1 is 1.06 bits per heavy atom. The highest BCUT2D eigenvalue weighted by Gasteiger charge is 2.22. The van der Waals surface area contributed by atoms with E-state index in [1.807, 2.05) is 76.7 Å². The predicted molar refractivity (Wildman–Crippen MR) is 135 cm³/mol. The molecule has 7 nitrogen and oxygen atoms in total. The topological polar surface area (TPSA) is 86.1 Å². The van der Waals surface area contributed by atoms with Gasteiger partial charge in [-0.1, -0.05) is 60.3 Å². The molecule has 0 aliphatic rings. The molecule has 4 rings (SSSR count). The zero-order chi connectivity index (χ0) is 23.9. The predicted octanol–water partition coefficient (Wildman–Crippen LogP) is 4.41. The molecule has 1 amide bonds. The van der Waals surface area contributed by atoms with Crippen molar-refractivity contribution in [2.45, 2.75) is 24.5 Å². The number of aromatic nitrogens is 3. The molecule has 9 heteroatoms. The number of para-hydroxylation sites is 2. The second-order valence-corrected chi connectivity index (χ2v) is 9.39. The summed E-state index contributed by atoms with van der Waals surface area (Å²) in [4.78, 5) is 25.9. The maximum atomic E-state index is 12.8. The van der Waals surface area contributed by atoms with Crippen LogP contribution in [-0.2, 0) is 16.0 Å². The molecule has 0 radical (unpaired) electrons. The lowest BCUT2D eigenvalue weighted by Crippen LogP contribution is -2.42. The number of nitrogens with one attached hydrogen (secondary N) is 1. The number of hydrogen-bond donors (Lipinski definition) is 1. The Bertz CT molecular complexity index is 1260. The van der Waals surface area contributed by atoms with Gasteiger partial charge >= 0.3 is 0 Å². The minimum Gasteiger partial charge on any atom is -0.495 e. The van der Waals surface area contributed by atoms with Crippen LogP contribution >= 0.6 is 23.1 Å². The van der Waals surface area contributed by atoms with E-state index < -0.39 is 6.04 Å². The van der Waals surface area contributed by atoms with Gasteiger partial charge in [0.15, 0.2) is 16.8 Å². The fourth-order valence-electron chi connectivity index (χ4n) is 3.47. The van der Waals surface area contributed by atoms with Gasteiger partial charge in [0.1, 0.15) is 5.75 Å². The highest BCUT2D eigenvalue weighted by atomic mass is 32.2. The first-order chi connectivity index (χ1) is 16.6. The fourth-order valence-corrected chi connectivity index (χ4v) is 4.93. The van der Waals surface area contributed by atoms with Gasteiger partial charge in [-0.25, -0.2) is 0 Å². The number of carbonyl (C=O) groups is 2. The minimum absolute atomic E-state index is 0.0839. The van der Waals surface area contributed by atoms with E-state index in [2.05, 4.69) is 15.5 Å². The van der Waals surface area contributed by atoms with Gasteiger partial charge in [0.2, 0.25) is 5.91 Å². The first-order valence-corrected chi connectivity index (χ1v) is 12.5. The van der Waals surface area contributed by atoms with Crippen LogP contribution in [-0.4, -0.2) is 45.4 Å². The molecule has 1 atom stereocenters. The van der Waals surface area contributed by atoms with Crippen LogP contribution in [0.25, 0.3) is 16.4 Å². The van der Waals surface area contributed by atoms with Crippen LogP contribution in [0.4, 0.5) is 0 Å². The number of ketones is 1. The molecule has 34 heavy (non-hydrogen) atoms. The van der Waals surface area contributed by atoms with E-state index >= 15 is 0 Å². The smallest absolute Gasteiger partial charge is 0.231 e. The Morgan fingerprint density at radius 3 is 2.53 bits per heavy atom. The molecule has 0 fully saturated rings. The van der Waals surface area contributed by atoms with E-state index in [0.717, 1.165) is 16.1 Å². The van der Waals surface area contributed by atoms with Gasteiger partial charge in [-0.2, -0.15) is 0 Å². The molecule has 4 aromatic rings. The molecule has 0 unspecified atom stereocenters. The van der Waals surface area contributed by atoms with Gasteiger partial charge < -0.3 is 10.1 Å². The number of carbonyl (C=O) groups excluding carboxylic acids is 2. The van der Waals surface area contributed by atoms with Crippen LogP contribution in [0.5, 0.6) is 5.75 Å². The summed E-state index contributed by atoms with van der Waals surface area (Å²) in [7, 11) is 1.61. The SMILES string of the molecule is COc1ccccc1-n1c(SCC(=O)N[C@@H](Cc2ccccc2)C(C)=O)nnc1-c1cccs1. The maximum absolute atomic E-state index is 12.8. The Balaban J connectivity index is 1.53. The zero-order valence-electron chi connectivity index (χ0n) is 18.8. The van der Waals surface area contributed by atoms with E-state index in [0.29, 0.717) is 23.2 Å². The molecular weight excluding hydrogens is 468 g/mol. The molecule has 0 aliphatic carbocycles. The number of nitrogens with zero attached hydrogens (tertiary/aromatic N) is 3.